The molecular weight excluding hydrogens is 470 g/mol. The molecule has 2 aliphatic rings. The van der Waals surface area contributed by atoms with Crippen LogP contribution in [0.2, 0.25) is 0 Å². The molecule has 1 aromatic carbocycles. The van der Waals surface area contributed by atoms with Gasteiger partial charge in [-0.3, -0.25) is 9.78 Å². The fourth-order valence-corrected chi connectivity index (χ4v) is 6.50. The van der Waals surface area contributed by atoms with Gasteiger partial charge >= 0.3 is 0 Å². The second-order valence-electron chi connectivity index (χ2n) is 9.72. The molecule has 4 aromatic rings. The van der Waals surface area contributed by atoms with Crippen molar-refractivity contribution in [2.24, 2.45) is 5.92 Å². The summed E-state index contributed by atoms with van der Waals surface area (Å²) in [5.41, 5.74) is 3.36. The number of fused-ring (bicyclic) bond motifs is 3. The highest BCUT2D eigenvalue weighted by Crippen LogP contribution is 2.42. The number of aromatic nitrogens is 3. The van der Waals surface area contributed by atoms with Crippen LogP contribution in [0, 0.1) is 5.92 Å². The van der Waals surface area contributed by atoms with Crippen LogP contribution in [-0.2, 0) is 17.6 Å². The third-order valence-corrected chi connectivity index (χ3v) is 8.33. The van der Waals surface area contributed by atoms with E-state index in [0.29, 0.717) is 17.6 Å². The van der Waals surface area contributed by atoms with E-state index in [2.05, 4.69) is 28.9 Å². The normalized spacial score (nSPS) is 17.8. The summed E-state index contributed by atoms with van der Waals surface area (Å²) in [6.45, 7) is 7.13. The molecule has 36 heavy (non-hydrogen) atoms. The SMILES string of the molecule is CC(=O)N1CCN(c2ccc(Oc3nc(-c4cccnc4)nc4sc5c(c34)CC[C@H](C)C5)cc2)CC1. The van der Waals surface area contributed by atoms with E-state index in [1.165, 1.54) is 16.9 Å². The van der Waals surface area contributed by atoms with Gasteiger partial charge in [0, 0.05) is 61.6 Å². The first-order chi connectivity index (χ1) is 17.5. The van der Waals surface area contributed by atoms with Crippen molar-refractivity contribution in [3.8, 4) is 23.0 Å². The summed E-state index contributed by atoms with van der Waals surface area (Å²) in [6.07, 6.45) is 6.85. The Hall–Kier alpha value is -3.52. The lowest BCUT2D eigenvalue weighted by Crippen LogP contribution is -2.48. The lowest BCUT2D eigenvalue weighted by molar-refractivity contribution is -0.129. The number of carbonyl (C=O) groups is 1. The van der Waals surface area contributed by atoms with E-state index in [9.17, 15) is 4.79 Å². The lowest BCUT2D eigenvalue weighted by atomic mass is 9.89. The number of thiophene rings is 1. The Morgan fingerprint density at radius 2 is 1.89 bits per heavy atom. The van der Waals surface area contributed by atoms with Gasteiger partial charge in [0.25, 0.3) is 0 Å². The van der Waals surface area contributed by atoms with Crippen LogP contribution in [-0.4, -0.2) is 51.9 Å². The van der Waals surface area contributed by atoms with Crippen molar-refractivity contribution in [3.63, 3.8) is 0 Å². The van der Waals surface area contributed by atoms with Crippen LogP contribution in [0.5, 0.6) is 11.6 Å². The molecule has 4 heterocycles. The zero-order valence-electron chi connectivity index (χ0n) is 20.6. The summed E-state index contributed by atoms with van der Waals surface area (Å²) in [6, 6.07) is 12.1. The number of piperazine rings is 1. The number of hydrogen-bond acceptors (Lipinski definition) is 7. The van der Waals surface area contributed by atoms with Gasteiger partial charge in [-0.25, -0.2) is 4.98 Å². The average Bonchev–Trinajstić information content (AvgIpc) is 3.27. The molecule has 8 heteroatoms. The Bertz CT molecular complexity index is 1400. The molecule has 1 saturated heterocycles. The predicted octanol–water partition coefficient (Wildman–Crippen LogP) is 5.34. The zero-order valence-corrected chi connectivity index (χ0v) is 21.4. The minimum absolute atomic E-state index is 0.144. The molecule has 184 valence electrons. The molecule has 0 radical (unpaired) electrons. The van der Waals surface area contributed by atoms with E-state index in [0.717, 1.165) is 66.2 Å². The first-order valence-electron chi connectivity index (χ1n) is 12.6. The number of pyridine rings is 1. The number of benzene rings is 1. The second kappa shape index (κ2) is 9.50. The summed E-state index contributed by atoms with van der Waals surface area (Å²) < 4.78 is 6.46. The molecule has 3 aromatic heterocycles. The monoisotopic (exact) mass is 499 g/mol. The van der Waals surface area contributed by atoms with Gasteiger partial charge in [-0.2, -0.15) is 4.98 Å². The second-order valence-corrected chi connectivity index (χ2v) is 10.8. The van der Waals surface area contributed by atoms with Crippen LogP contribution in [0.25, 0.3) is 21.6 Å². The van der Waals surface area contributed by atoms with Gasteiger partial charge in [0.1, 0.15) is 10.6 Å². The smallest absolute Gasteiger partial charge is 0.231 e. The van der Waals surface area contributed by atoms with Crippen molar-refractivity contribution in [3.05, 3.63) is 59.2 Å². The van der Waals surface area contributed by atoms with Crippen molar-refractivity contribution < 1.29 is 9.53 Å². The average molecular weight is 500 g/mol. The van der Waals surface area contributed by atoms with Crippen molar-refractivity contribution in [2.75, 3.05) is 31.1 Å². The summed E-state index contributed by atoms with van der Waals surface area (Å²) in [5, 5.41) is 1.05. The molecule has 1 aliphatic carbocycles. The molecule has 0 unspecified atom stereocenters. The maximum absolute atomic E-state index is 11.6. The highest BCUT2D eigenvalue weighted by Gasteiger charge is 2.25. The van der Waals surface area contributed by atoms with Crippen LogP contribution in [0.1, 0.15) is 30.7 Å². The van der Waals surface area contributed by atoms with Crippen molar-refractivity contribution in [1.82, 2.24) is 19.9 Å². The number of anilines is 1. The molecule has 1 amide bonds. The fraction of sp³-hybridized carbons (Fsp3) is 0.357. The summed E-state index contributed by atoms with van der Waals surface area (Å²) in [7, 11) is 0. The van der Waals surface area contributed by atoms with Gasteiger partial charge in [0.2, 0.25) is 11.8 Å². The van der Waals surface area contributed by atoms with Crippen molar-refractivity contribution in [1.29, 1.82) is 0 Å². The van der Waals surface area contributed by atoms with Crippen LogP contribution in [0.4, 0.5) is 5.69 Å². The molecule has 1 atom stereocenters. The van der Waals surface area contributed by atoms with E-state index in [-0.39, 0.29) is 5.91 Å². The summed E-state index contributed by atoms with van der Waals surface area (Å²) in [5.74, 6) is 2.84. The van der Waals surface area contributed by atoms with E-state index >= 15 is 0 Å². The zero-order chi connectivity index (χ0) is 24.6. The summed E-state index contributed by atoms with van der Waals surface area (Å²) >= 11 is 1.77. The molecule has 6 rings (SSSR count). The minimum atomic E-state index is 0.144. The van der Waals surface area contributed by atoms with Crippen LogP contribution >= 0.6 is 11.3 Å². The topological polar surface area (TPSA) is 71.5 Å². The van der Waals surface area contributed by atoms with Crippen LogP contribution in [0.15, 0.2) is 48.8 Å². The van der Waals surface area contributed by atoms with Gasteiger partial charge in [0.15, 0.2) is 5.82 Å². The van der Waals surface area contributed by atoms with Gasteiger partial charge in [0.05, 0.1) is 5.39 Å². The largest absolute Gasteiger partial charge is 0.438 e. The molecular formula is C28H29N5O2S. The Morgan fingerprint density at radius 1 is 1.08 bits per heavy atom. The molecule has 1 fully saturated rings. The molecule has 7 nitrogen and oxygen atoms in total. The first kappa shape index (κ1) is 22.9. The molecule has 0 bridgehead atoms. The number of hydrogen-bond donors (Lipinski definition) is 0. The molecule has 0 saturated carbocycles. The number of amides is 1. The Morgan fingerprint density at radius 3 is 2.61 bits per heavy atom. The van der Waals surface area contributed by atoms with Gasteiger partial charge in [-0.1, -0.05) is 6.92 Å². The standard InChI is InChI=1S/C28H29N5O2S/c1-18-5-10-23-24(16-18)36-28-25(23)27(30-26(31-28)20-4-3-11-29-17-20)35-22-8-6-21(7-9-22)33-14-12-32(13-15-33)19(2)34/h3-4,6-9,11,17-18H,5,10,12-16H2,1-2H3/t18-/m0/s1. The third kappa shape index (κ3) is 4.41. The highest BCUT2D eigenvalue weighted by molar-refractivity contribution is 7.18. The van der Waals surface area contributed by atoms with E-state index in [1.807, 2.05) is 29.2 Å². The molecule has 0 spiro atoms. The molecule has 1 aliphatic heterocycles. The maximum atomic E-state index is 11.6. The quantitative estimate of drug-likeness (QED) is 0.378. The number of nitrogens with zero attached hydrogens (tertiary/aromatic N) is 5. The lowest BCUT2D eigenvalue weighted by Gasteiger charge is -2.35. The minimum Gasteiger partial charge on any atom is -0.438 e. The van der Waals surface area contributed by atoms with Gasteiger partial charge in [-0.05, 0) is 67.1 Å². The Balaban J connectivity index is 1.32. The number of carbonyl (C=O) groups excluding carboxylic acids is 1. The highest BCUT2D eigenvalue weighted by atomic mass is 32.1. The predicted molar refractivity (Wildman–Crippen MR) is 143 cm³/mol. The Kier molecular flexibility index (Phi) is 6.05. The van der Waals surface area contributed by atoms with Gasteiger partial charge in [-0.15, -0.1) is 11.3 Å². The van der Waals surface area contributed by atoms with E-state index in [4.69, 9.17) is 14.7 Å². The first-order valence-corrected chi connectivity index (χ1v) is 13.4. The van der Waals surface area contributed by atoms with Crippen LogP contribution < -0.4 is 9.64 Å². The number of rotatable bonds is 4. The number of aryl methyl sites for hydroxylation is 1. The summed E-state index contributed by atoms with van der Waals surface area (Å²) in [4.78, 5) is 32.3. The Labute approximate surface area is 214 Å². The van der Waals surface area contributed by atoms with E-state index < -0.39 is 0 Å². The van der Waals surface area contributed by atoms with Gasteiger partial charge < -0.3 is 14.5 Å². The van der Waals surface area contributed by atoms with Crippen LogP contribution in [0.3, 0.4) is 0 Å². The third-order valence-electron chi connectivity index (χ3n) is 7.18. The van der Waals surface area contributed by atoms with Crippen molar-refractivity contribution in [2.45, 2.75) is 33.1 Å². The fourth-order valence-electron chi connectivity index (χ4n) is 5.12. The van der Waals surface area contributed by atoms with Crippen molar-refractivity contribution >= 4 is 33.1 Å². The number of ether oxygens (including phenoxy) is 1. The molecule has 0 N–H and O–H groups in total. The van der Waals surface area contributed by atoms with E-state index in [1.54, 1.807) is 30.7 Å². The maximum Gasteiger partial charge on any atom is 0.231 e.